The Hall–Kier alpha value is -3.29. The molecule has 0 N–H and O–H groups in total. The van der Waals surface area contributed by atoms with E-state index in [-0.39, 0.29) is 30.4 Å². The summed E-state index contributed by atoms with van der Waals surface area (Å²) in [6.07, 6.45) is 0.373. The summed E-state index contributed by atoms with van der Waals surface area (Å²) < 4.78 is 35.9. The van der Waals surface area contributed by atoms with Crippen LogP contribution >= 0.6 is 0 Å². The van der Waals surface area contributed by atoms with Crippen molar-refractivity contribution < 1.29 is 32.9 Å². The van der Waals surface area contributed by atoms with Gasteiger partial charge in [0.15, 0.2) is 6.61 Å². The number of benzene rings is 2. The second kappa shape index (κ2) is 11.8. The van der Waals surface area contributed by atoms with Crippen LogP contribution in [-0.2, 0) is 14.3 Å². The van der Waals surface area contributed by atoms with E-state index in [0.29, 0.717) is 31.2 Å². The number of nitrogens with zero attached hydrogens (tertiary/aromatic N) is 1. The number of hydrogen-bond donors (Lipinski definition) is 0. The quantitative estimate of drug-likeness (QED) is 0.423. The Morgan fingerprint density at radius 1 is 0.865 bits per heavy atom. The van der Waals surface area contributed by atoms with Gasteiger partial charge in [0, 0.05) is 19.0 Å². The molecule has 2 aromatic carbocycles. The molecule has 2 atom stereocenters. The maximum atomic E-state index is 13.5. The van der Waals surface area contributed by atoms with Gasteiger partial charge in [0.05, 0.1) is 6.61 Å². The Bertz CT molecular complexity index is 1040. The molecule has 1 saturated heterocycles. The highest BCUT2D eigenvalue weighted by atomic mass is 19.1. The summed E-state index contributed by atoms with van der Waals surface area (Å²) in [4.78, 5) is 26.3. The minimum Gasteiger partial charge on any atom is -0.493 e. The zero-order valence-corrected chi connectivity index (χ0v) is 22.6. The summed E-state index contributed by atoms with van der Waals surface area (Å²) in [6, 6.07) is 13.5. The van der Waals surface area contributed by atoms with Crippen LogP contribution in [0.5, 0.6) is 11.5 Å². The molecule has 1 heterocycles. The predicted molar refractivity (Wildman–Crippen MR) is 138 cm³/mol. The largest absolute Gasteiger partial charge is 0.493 e. The van der Waals surface area contributed by atoms with E-state index in [1.165, 1.54) is 12.1 Å². The number of ether oxygens (including phenoxy) is 4. The number of piperidine rings is 1. The second-order valence-electron chi connectivity index (χ2n) is 11.3. The molecular formula is C29H38FNO6. The predicted octanol–water partition coefficient (Wildman–Crippen LogP) is 5.97. The van der Waals surface area contributed by atoms with Gasteiger partial charge in [-0.05, 0) is 95.8 Å². The molecule has 0 aromatic heterocycles. The molecule has 1 amide bonds. The van der Waals surface area contributed by atoms with E-state index in [1.54, 1.807) is 62.1 Å². The molecular weight excluding hydrogens is 477 g/mol. The number of halogens is 1. The molecule has 1 aliphatic heterocycles. The minimum atomic E-state index is -0.579. The molecule has 0 unspecified atom stereocenters. The number of amides is 1. The van der Waals surface area contributed by atoms with E-state index in [9.17, 15) is 14.0 Å². The molecule has 3 rings (SSSR count). The normalized spacial score (nSPS) is 18.2. The van der Waals surface area contributed by atoms with E-state index in [0.717, 1.165) is 12.0 Å². The van der Waals surface area contributed by atoms with E-state index >= 15 is 0 Å². The molecule has 0 spiro atoms. The van der Waals surface area contributed by atoms with Gasteiger partial charge in [-0.25, -0.2) is 14.0 Å². The van der Waals surface area contributed by atoms with E-state index in [1.807, 2.05) is 20.8 Å². The molecule has 0 radical (unpaired) electrons. The third-order valence-electron chi connectivity index (χ3n) is 5.75. The number of rotatable bonds is 7. The standard InChI is InChI=1S/C29H38FNO6/c1-28(2,3)36-26(32)19-35-24-13-11-23(12-14-24)34-18-21-17-31(27(33)37-29(4,5)6)16-15-25(21)20-7-9-22(30)10-8-20/h7-14,21,25H,15-19H2,1-6H3/t21-,25-/m0/s1. The highest BCUT2D eigenvalue weighted by molar-refractivity contribution is 5.71. The van der Waals surface area contributed by atoms with Gasteiger partial charge in [0.2, 0.25) is 0 Å². The van der Waals surface area contributed by atoms with Gasteiger partial charge in [0.1, 0.15) is 28.5 Å². The lowest BCUT2D eigenvalue weighted by Crippen LogP contribution is -2.46. The van der Waals surface area contributed by atoms with Gasteiger partial charge in [-0.2, -0.15) is 0 Å². The Balaban J connectivity index is 1.63. The first-order valence-electron chi connectivity index (χ1n) is 12.6. The topological polar surface area (TPSA) is 74.3 Å². The van der Waals surface area contributed by atoms with E-state index < -0.39 is 17.2 Å². The van der Waals surface area contributed by atoms with Crippen LogP contribution in [0.15, 0.2) is 48.5 Å². The summed E-state index contributed by atoms with van der Waals surface area (Å²) in [5.74, 6) is 0.529. The highest BCUT2D eigenvalue weighted by Crippen LogP contribution is 2.34. The molecule has 2 aromatic rings. The Morgan fingerprint density at radius 3 is 2.00 bits per heavy atom. The monoisotopic (exact) mass is 515 g/mol. The number of carbonyl (C=O) groups excluding carboxylic acids is 2. The lowest BCUT2D eigenvalue weighted by Gasteiger charge is -2.39. The summed E-state index contributed by atoms with van der Waals surface area (Å²) in [7, 11) is 0. The molecule has 7 nitrogen and oxygen atoms in total. The van der Waals surface area contributed by atoms with Crippen LogP contribution in [0.25, 0.3) is 0 Å². The summed E-state index contributed by atoms with van der Waals surface area (Å²) in [5.41, 5.74) is -0.128. The number of hydrogen-bond acceptors (Lipinski definition) is 6. The lowest BCUT2D eigenvalue weighted by atomic mass is 9.81. The first kappa shape index (κ1) is 28.3. The second-order valence-corrected chi connectivity index (χ2v) is 11.3. The molecule has 8 heteroatoms. The van der Waals surface area contributed by atoms with Gasteiger partial charge >= 0.3 is 12.1 Å². The van der Waals surface area contributed by atoms with Crippen molar-refractivity contribution in [3.05, 3.63) is 59.9 Å². The van der Waals surface area contributed by atoms with Gasteiger partial charge in [-0.1, -0.05) is 12.1 Å². The number of carbonyl (C=O) groups is 2. The van der Waals surface area contributed by atoms with Crippen molar-refractivity contribution in [2.45, 2.75) is 65.1 Å². The highest BCUT2D eigenvalue weighted by Gasteiger charge is 2.35. The molecule has 1 aliphatic rings. The minimum absolute atomic E-state index is 0.0187. The van der Waals surface area contributed by atoms with E-state index in [4.69, 9.17) is 18.9 Å². The first-order valence-corrected chi connectivity index (χ1v) is 12.6. The zero-order chi connectivity index (χ0) is 27.2. The van der Waals surface area contributed by atoms with Crippen molar-refractivity contribution in [3.63, 3.8) is 0 Å². The molecule has 1 fully saturated rings. The van der Waals surface area contributed by atoms with Crippen LogP contribution in [0, 0.1) is 11.7 Å². The number of esters is 1. The maximum Gasteiger partial charge on any atom is 0.410 e. The molecule has 202 valence electrons. The van der Waals surface area contributed by atoms with Crippen LogP contribution in [-0.4, -0.2) is 54.5 Å². The molecule has 0 aliphatic carbocycles. The van der Waals surface area contributed by atoms with Gasteiger partial charge in [-0.3, -0.25) is 0 Å². The fraction of sp³-hybridized carbons (Fsp3) is 0.517. The van der Waals surface area contributed by atoms with Crippen molar-refractivity contribution in [2.75, 3.05) is 26.3 Å². The van der Waals surface area contributed by atoms with Crippen molar-refractivity contribution in [1.82, 2.24) is 4.90 Å². The zero-order valence-electron chi connectivity index (χ0n) is 22.6. The van der Waals surface area contributed by atoms with Crippen LogP contribution < -0.4 is 9.47 Å². The van der Waals surface area contributed by atoms with Crippen LogP contribution in [0.1, 0.15) is 59.4 Å². The van der Waals surface area contributed by atoms with Crippen molar-refractivity contribution in [1.29, 1.82) is 0 Å². The third-order valence-corrected chi connectivity index (χ3v) is 5.75. The summed E-state index contributed by atoms with van der Waals surface area (Å²) in [6.45, 7) is 12.1. The first-order chi connectivity index (χ1) is 17.3. The third kappa shape index (κ3) is 9.26. The Morgan fingerprint density at radius 2 is 1.43 bits per heavy atom. The molecule has 0 bridgehead atoms. The van der Waals surface area contributed by atoms with Crippen molar-refractivity contribution in [2.24, 2.45) is 5.92 Å². The molecule has 0 saturated carbocycles. The summed E-state index contributed by atoms with van der Waals surface area (Å²) in [5, 5.41) is 0. The van der Waals surface area contributed by atoms with Crippen LogP contribution in [0.2, 0.25) is 0 Å². The van der Waals surface area contributed by atoms with Crippen molar-refractivity contribution in [3.8, 4) is 11.5 Å². The van der Waals surface area contributed by atoms with Gasteiger partial charge < -0.3 is 23.8 Å². The number of likely N-dealkylation sites (tertiary alicyclic amines) is 1. The van der Waals surface area contributed by atoms with Gasteiger partial charge in [0.25, 0.3) is 0 Å². The van der Waals surface area contributed by atoms with Crippen molar-refractivity contribution >= 4 is 12.1 Å². The fourth-order valence-corrected chi connectivity index (χ4v) is 4.19. The van der Waals surface area contributed by atoms with Gasteiger partial charge in [-0.15, -0.1) is 0 Å². The van der Waals surface area contributed by atoms with Crippen LogP contribution in [0.3, 0.4) is 0 Å². The van der Waals surface area contributed by atoms with E-state index in [2.05, 4.69) is 0 Å². The molecule has 37 heavy (non-hydrogen) atoms. The fourth-order valence-electron chi connectivity index (χ4n) is 4.19. The lowest BCUT2D eigenvalue weighted by molar-refractivity contribution is -0.157. The average Bonchev–Trinajstić information content (AvgIpc) is 2.80. The SMILES string of the molecule is CC(C)(C)OC(=O)COc1ccc(OC[C@@H]2CN(C(=O)OC(C)(C)C)CC[C@H]2c2ccc(F)cc2)cc1. The Labute approximate surface area is 218 Å². The maximum absolute atomic E-state index is 13.5. The smallest absolute Gasteiger partial charge is 0.410 e. The Kier molecular flexibility index (Phi) is 9.05. The average molecular weight is 516 g/mol. The summed E-state index contributed by atoms with van der Waals surface area (Å²) >= 11 is 0. The van der Waals surface area contributed by atoms with Crippen LogP contribution in [0.4, 0.5) is 9.18 Å².